The molecule has 2 heterocycles. The van der Waals surface area contributed by atoms with Gasteiger partial charge in [-0.2, -0.15) is 0 Å². The molecule has 0 saturated carbocycles. The van der Waals surface area contributed by atoms with Crippen LogP contribution in [0.25, 0.3) is 10.6 Å². The van der Waals surface area contributed by atoms with E-state index in [-0.39, 0.29) is 12.3 Å². The topological polar surface area (TPSA) is 57.7 Å². The number of anilines is 1. The average molecular weight is 451 g/mol. The predicted octanol–water partition coefficient (Wildman–Crippen LogP) is 4.14. The van der Waals surface area contributed by atoms with E-state index in [1.54, 1.807) is 11.3 Å². The number of ether oxygens (including phenoxy) is 1. The highest BCUT2D eigenvalue weighted by atomic mass is 32.1. The van der Waals surface area contributed by atoms with Gasteiger partial charge >= 0.3 is 0 Å². The third-order valence-corrected chi connectivity index (χ3v) is 6.47. The molecule has 0 spiro atoms. The van der Waals surface area contributed by atoms with E-state index in [0.29, 0.717) is 18.0 Å². The van der Waals surface area contributed by atoms with Crippen LogP contribution in [0.1, 0.15) is 18.2 Å². The number of aromatic nitrogens is 1. The molecule has 1 fully saturated rings. The summed E-state index contributed by atoms with van der Waals surface area (Å²) in [6, 6.07) is 16.1. The van der Waals surface area contributed by atoms with Crippen molar-refractivity contribution in [2.45, 2.75) is 19.9 Å². The third kappa shape index (κ3) is 5.94. The summed E-state index contributed by atoms with van der Waals surface area (Å²) in [7, 11) is 2.18. The van der Waals surface area contributed by atoms with Crippen LogP contribution in [0.2, 0.25) is 0 Å². The maximum Gasteiger partial charge on any atom is 0.230 e. The number of para-hydroxylation sites is 2. The number of piperazine rings is 1. The Morgan fingerprint density at radius 3 is 2.75 bits per heavy atom. The Morgan fingerprint density at radius 1 is 1.12 bits per heavy atom. The van der Waals surface area contributed by atoms with Gasteiger partial charge in [0.1, 0.15) is 10.8 Å². The quantitative estimate of drug-likeness (QED) is 0.559. The summed E-state index contributed by atoms with van der Waals surface area (Å²) in [6.45, 7) is 7.87. The molecule has 6 nitrogen and oxygen atoms in total. The summed E-state index contributed by atoms with van der Waals surface area (Å²) < 4.78 is 5.59. The summed E-state index contributed by atoms with van der Waals surface area (Å²) >= 11 is 1.58. The largest absolute Gasteiger partial charge is 0.492 e. The molecule has 32 heavy (non-hydrogen) atoms. The fourth-order valence-corrected chi connectivity index (χ4v) is 4.61. The number of hydrogen-bond donors (Lipinski definition) is 1. The number of carbonyl (C=O) groups is 1. The van der Waals surface area contributed by atoms with Crippen molar-refractivity contribution in [3.63, 3.8) is 0 Å². The number of benzene rings is 2. The van der Waals surface area contributed by atoms with Gasteiger partial charge in [-0.15, -0.1) is 11.3 Å². The second-order valence-electron chi connectivity index (χ2n) is 8.08. The van der Waals surface area contributed by atoms with Crippen molar-refractivity contribution in [1.82, 2.24) is 14.8 Å². The zero-order chi connectivity index (χ0) is 22.3. The van der Waals surface area contributed by atoms with E-state index in [0.717, 1.165) is 49.0 Å². The SMILES string of the molecule is CCOc1ccccc1NC(=O)Cc1csc(-c2cccc(CN3CCN(C)CC3)c2)n1. The number of nitrogens with one attached hydrogen (secondary N) is 1. The molecule has 4 rings (SSSR count). The van der Waals surface area contributed by atoms with Crippen LogP contribution in [0, 0.1) is 0 Å². The van der Waals surface area contributed by atoms with E-state index in [9.17, 15) is 4.79 Å². The molecule has 7 heteroatoms. The maximum absolute atomic E-state index is 12.6. The van der Waals surface area contributed by atoms with Gasteiger partial charge in [0.15, 0.2) is 0 Å². The average Bonchev–Trinajstić information content (AvgIpc) is 3.25. The Bertz CT molecular complexity index is 1040. The van der Waals surface area contributed by atoms with Crippen molar-refractivity contribution in [2.24, 2.45) is 0 Å². The Kier molecular flexibility index (Phi) is 7.52. The first-order chi connectivity index (χ1) is 15.6. The smallest absolute Gasteiger partial charge is 0.230 e. The molecule has 3 aromatic rings. The molecular weight excluding hydrogens is 420 g/mol. The van der Waals surface area contributed by atoms with Crippen molar-refractivity contribution in [3.05, 3.63) is 65.2 Å². The first kappa shape index (κ1) is 22.5. The van der Waals surface area contributed by atoms with Gasteiger partial charge in [0.25, 0.3) is 0 Å². The molecule has 0 atom stereocenters. The highest BCUT2D eigenvalue weighted by Gasteiger charge is 2.15. The van der Waals surface area contributed by atoms with E-state index < -0.39 is 0 Å². The molecule has 0 bridgehead atoms. The number of amides is 1. The van der Waals surface area contributed by atoms with E-state index in [1.165, 1.54) is 5.56 Å². The summed E-state index contributed by atoms with van der Waals surface area (Å²) in [5, 5.41) is 5.86. The zero-order valence-electron chi connectivity index (χ0n) is 18.7. The number of rotatable bonds is 8. The highest BCUT2D eigenvalue weighted by Crippen LogP contribution is 2.27. The van der Waals surface area contributed by atoms with Gasteiger partial charge in [0.2, 0.25) is 5.91 Å². The van der Waals surface area contributed by atoms with Gasteiger partial charge in [-0.25, -0.2) is 4.98 Å². The summed E-state index contributed by atoms with van der Waals surface area (Å²) in [5.74, 6) is 0.581. The lowest BCUT2D eigenvalue weighted by Gasteiger charge is -2.32. The first-order valence-electron chi connectivity index (χ1n) is 11.1. The van der Waals surface area contributed by atoms with Crippen molar-refractivity contribution in [2.75, 3.05) is 45.2 Å². The lowest BCUT2D eigenvalue weighted by atomic mass is 10.1. The Labute approximate surface area is 193 Å². The van der Waals surface area contributed by atoms with Crippen LogP contribution in [-0.2, 0) is 17.8 Å². The molecule has 0 unspecified atom stereocenters. The van der Waals surface area contributed by atoms with Crippen LogP contribution < -0.4 is 10.1 Å². The molecule has 0 radical (unpaired) electrons. The van der Waals surface area contributed by atoms with Crippen LogP contribution >= 0.6 is 11.3 Å². The third-order valence-electron chi connectivity index (χ3n) is 5.53. The Morgan fingerprint density at radius 2 is 1.94 bits per heavy atom. The van der Waals surface area contributed by atoms with Crippen LogP contribution in [0.15, 0.2) is 53.9 Å². The minimum Gasteiger partial charge on any atom is -0.492 e. The van der Waals surface area contributed by atoms with Crippen LogP contribution in [0.5, 0.6) is 5.75 Å². The van der Waals surface area contributed by atoms with Gasteiger partial charge in [-0.3, -0.25) is 9.69 Å². The molecule has 0 aliphatic carbocycles. The zero-order valence-corrected chi connectivity index (χ0v) is 19.5. The highest BCUT2D eigenvalue weighted by molar-refractivity contribution is 7.13. The Balaban J connectivity index is 1.38. The van der Waals surface area contributed by atoms with Crippen LogP contribution in [0.3, 0.4) is 0 Å². The van der Waals surface area contributed by atoms with Crippen molar-refractivity contribution < 1.29 is 9.53 Å². The summed E-state index contributed by atoms with van der Waals surface area (Å²) in [5.41, 5.74) is 3.87. The summed E-state index contributed by atoms with van der Waals surface area (Å²) in [6.07, 6.45) is 0.234. The molecule has 1 saturated heterocycles. The number of likely N-dealkylation sites (N-methyl/N-ethyl adjacent to an activating group) is 1. The van der Waals surface area contributed by atoms with E-state index in [4.69, 9.17) is 9.72 Å². The maximum atomic E-state index is 12.6. The minimum atomic E-state index is -0.0992. The van der Waals surface area contributed by atoms with Gasteiger partial charge in [0, 0.05) is 43.7 Å². The molecular formula is C25H30N4O2S. The lowest BCUT2D eigenvalue weighted by molar-refractivity contribution is -0.115. The normalized spacial score (nSPS) is 14.9. The predicted molar refractivity (Wildman–Crippen MR) is 130 cm³/mol. The molecule has 1 amide bonds. The summed E-state index contributed by atoms with van der Waals surface area (Å²) in [4.78, 5) is 22.2. The molecule has 168 valence electrons. The van der Waals surface area contributed by atoms with Gasteiger partial charge in [0.05, 0.1) is 24.4 Å². The monoisotopic (exact) mass is 450 g/mol. The fourth-order valence-electron chi connectivity index (χ4n) is 3.80. The number of carbonyl (C=O) groups excluding carboxylic acids is 1. The van der Waals surface area contributed by atoms with Gasteiger partial charge in [-0.05, 0) is 37.7 Å². The van der Waals surface area contributed by atoms with Crippen LogP contribution in [0.4, 0.5) is 5.69 Å². The van der Waals surface area contributed by atoms with E-state index in [1.807, 2.05) is 36.6 Å². The van der Waals surface area contributed by atoms with E-state index in [2.05, 4.69) is 46.4 Å². The van der Waals surface area contributed by atoms with Crippen molar-refractivity contribution in [3.8, 4) is 16.3 Å². The van der Waals surface area contributed by atoms with Crippen molar-refractivity contribution >= 4 is 22.9 Å². The van der Waals surface area contributed by atoms with Crippen LogP contribution in [-0.4, -0.2) is 60.5 Å². The standard InChI is InChI=1S/C25H30N4O2S/c1-3-31-23-10-5-4-9-22(23)27-24(30)16-21-18-32-25(26-21)20-8-6-7-19(15-20)17-29-13-11-28(2)12-14-29/h4-10,15,18H,3,11-14,16-17H2,1-2H3,(H,27,30). The fraction of sp³-hybridized carbons (Fsp3) is 0.360. The lowest BCUT2D eigenvalue weighted by Crippen LogP contribution is -2.43. The minimum absolute atomic E-state index is 0.0992. The van der Waals surface area contributed by atoms with Crippen molar-refractivity contribution in [1.29, 1.82) is 0 Å². The second kappa shape index (κ2) is 10.7. The number of hydrogen-bond acceptors (Lipinski definition) is 6. The molecule has 1 N–H and O–H groups in total. The second-order valence-corrected chi connectivity index (χ2v) is 8.94. The number of thiazole rings is 1. The molecule has 1 aliphatic rings. The number of nitrogens with zero attached hydrogens (tertiary/aromatic N) is 3. The van der Waals surface area contributed by atoms with Gasteiger partial charge < -0.3 is 15.0 Å². The first-order valence-corrected chi connectivity index (χ1v) is 11.9. The molecule has 1 aliphatic heterocycles. The van der Waals surface area contributed by atoms with Gasteiger partial charge in [-0.1, -0.05) is 30.3 Å². The molecule has 2 aromatic carbocycles. The van der Waals surface area contributed by atoms with E-state index >= 15 is 0 Å². The Hall–Kier alpha value is -2.74. The molecule has 1 aromatic heterocycles.